The third kappa shape index (κ3) is 1.86. The number of benzene rings is 1. The van der Waals surface area contributed by atoms with Crippen LogP contribution in [0.25, 0.3) is 11.4 Å². The number of rotatable bonds is 1. The molecule has 90 valence electrons. The van der Waals surface area contributed by atoms with E-state index in [9.17, 15) is 0 Å². The van der Waals surface area contributed by atoms with E-state index in [1.807, 2.05) is 18.7 Å². The maximum absolute atomic E-state index is 4.51. The summed E-state index contributed by atoms with van der Waals surface area (Å²) >= 11 is 0. The van der Waals surface area contributed by atoms with Gasteiger partial charge in [0.05, 0.1) is 0 Å². The van der Waals surface area contributed by atoms with Gasteiger partial charge >= 0.3 is 0 Å². The van der Waals surface area contributed by atoms with Crippen molar-refractivity contribution in [2.24, 2.45) is 7.05 Å². The zero-order chi connectivity index (χ0) is 12.7. The van der Waals surface area contributed by atoms with Crippen molar-refractivity contribution in [1.82, 2.24) is 14.8 Å². The summed E-state index contributed by atoms with van der Waals surface area (Å²) in [6, 6.07) is 2.21. The minimum atomic E-state index is 0.817. The third-order valence-electron chi connectivity index (χ3n) is 3.59. The minimum absolute atomic E-state index is 0.817. The predicted octanol–water partition coefficient (Wildman–Crippen LogP) is 3.02. The van der Waals surface area contributed by atoms with Crippen molar-refractivity contribution >= 4 is 0 Å². The molecule has 0 saturated heterocycles. The monoisotopic (exact) mass is 229 g/mol. The fraction of sp³-hybridized carbons (Fsp3) is 0.429. The molecule has 0 fully saturated rings. The predicted molar refractivity (Wildman–Crippen MR) is 70.1 cm³/mol. The molecule has 0 spiro atoms. The second kappa shape index (κ2) is 3.99. The maximum Gasteiger partial charge on any atom is 0.158 e. The molecule has 1 aromatic carbocycles. The van der Waals surface area contributed by atoms with E-state index in [1.54, 1.807) is 0 Å². The molecule has 2 rings (SSSR count). The Labute approximate surface area is 103 Å². The van der Waals surface area contributed by atoms with E-state index in [1.165, 1.54) is 27.8 Å². The minimum Gasteiger partial charge on any atom is -0.249 e. The summed E-state index contributed by atoms with van der Waals surface area (Å²) in [4.78, 5) is 4.51. The van der Waals surface area contributed by atoms with Crippen LogP contribution in [0.1, 0.15) is 28.1 Å². The first-order chi connectivity index (χ1) is 7.91. The molecule has 1 aromatic heterocycles. The lowest BCUT2D eigenvalue weighted by Gasteiger charge is -2.13. The summed E-state index contributed by atoms with van der Waals surface area (Å²) in [6.45, 7) is 10.6. The molecule has 0 N–H and O–H groups in total. The Balaban J connectivity index is 2.72. The summed E-state index contributed by atoms with van der Waals surface area (Å²) in [7, 11) is 1.94. The first-order valence-electron chi connectivity index (χ1n) is 5.87. The lowest BCUT2D eigenvalue weighted by atomic mass is 9.94. The average molecular weight is 229 g/mol. The average Bonchev–Trinajstić information content (AvgIpc) is 2.60. The van der Waals surface area contributed by atoms with Crippen LogP contribution in [0.5, 0.6) is 0 Å². The SMILES string of the molecule is Cc1nc(-c2cc(C)c(C)c(C)c2C)n(C)n1. The second-order valence-corrected chi connectivity index (χ2v) is 4.72. The lowest BCUT2D eigenvalue weighted by Crippen LogP contribution is -2.00. The molecule has 0 aliphatic carbocycles. The van der Waals surface area contributed by atoms with Crippen molar-refractivity contribution in [3.8, 4) is 11.4 Å². The van der Waals surface area contributed by atoms with Gasteiger partial charge < -0.3 is 0 Å². The lowest BCUT2D eigenvalue weighted by molar-refractivity contribution is 0.763. The van der Waals surface area contributed by atoms with Crippen LogP contribution in [0.3, 0.4) is 0 Å². The van der Waals surface area contributed by atoms with Crippen molar-refractivity contribution in [2.75, 3.05) is 0 Å². The van der Waals surface area contributed by atoms with E-state index in [0.29, 0.717) is 0 Å². The largest absolute Gasteiger partial charge is 0.249 e. The highest BCUT2D eigenvalue weighted by atomic mass is 15.3. The molecule has 0 amide bonds. The molecule has 0 radical (unpaired) electrons. The molecule has 2 aromatic rings. The molecule has 0 bridgehead atoms. The van der Waals surface area contributed by atoms with E-state index in [-0.39, 0.29) is 0 Å². The van der Waals surface area contributed by atoms with Gasteiger partial charge in [0.15, 0.2) is 5.82 Å². The van der Waals surface area contributed by atoms with Gasteiger partial charge in [-0.3, -0.25) is 0 Å². The molecule has 0 aliphatic heterocycles. The zero-order valence-corrected chi connectivity index (χ0v) is 11.4. The van der Waals surface area contributed by atoms with Crippen LogP contribution in [0.2, 0.25) is 0 Å². The normalized spacial score (nSPS) is 10.9. The van der Waals surface area contributed by atoms with Crippen molar-refractivity contribution in [1.29, 1.82) is 0 Å². The molecule has 17 heavy (non-hydrogen) atoms. The van der Waals surface area contributed by atoms with Gasteiger partial charge in [0, 0.05) is 12.6 Å². The summed E-state index contributed by atoms with van der Waals surface area (Å²) in [5, 5.41) is 4.32. The molecular weight excluding hydrogens is 210 g/mol. The smallest absolute Gasteiger partial charge is 0.158 e. The van der Waals surface area contributed by atoms with Crippen LogP contribution in [0.15, 0.2) is 6.07 Å². The topological polar surface area (TPSA) is 30.7 Å². The third-order valence-corrected chi connectivity index (χ3v) is 3.59. The van der Waals surface area contributed by atoms with Gasteiger partial charge in [-0.2, -0.15) is 5.10 Å². The van der Waals surface area contributed by atoms with Crippen LogP contribution in [-0.2, 0) is 7.05 Å². The highest BCUT2D eigenvalue weighted by molar-refractivity contribution is 5.65. The van der Waals surface area contributed by atoms with E-state index in [2.05, 4.69) is 43.8 Å². The van der Waals surface area contributed by atoms with Gasteiger partial charge in [0.1, 0.15) is 5.82 Å². The van der Waals surface area contributed by atoms with E-state index in [4.69, 9.17) is 0 Å². The number of hydrogen-bond donors (Lipinski definition) is 0. The number of aromatic nitrogens is 3. The molecular formula is C14H19N3. The van der Waals surface area contributed by atoms with Gasteiger partial charge in [-0.1, -0.05) is 0 Å². The number of hydrogen-bond acceptors (Lipinski definition) is 2. The van der Waals surface area contributed by atoms with Gasteiger partial charge in [0.2, 0.25) is 0 Å². The van der Waals surface area contributed by atoms with Gasteiger partial charge in [-0.25, -0.2) is 9.67 Å². The molecule has 0 aliphatic rings. The molecule has 0 unspecified atom stereocenters. The van der Waals surface area contributed by atoms with E-state index >= 15 is 0 Å². The zero-order valence-electron chi connectivity index (χ0n) is 11.4. The Morgan fingerprint density at radius 3 is 2.12 bits per heavy atom. The maximum atomic E-state index is 4.51. The van der Waals surface area contributed by atoms with Crippen molar-refractivity contribution in [2.45, 2.75) is 34.6 Å². The molecule has 0 saturated carbocycles. The molecule has 3 heteroatoms. The molecule has 1 heterocycles. The van der Waals surface area contributed by atoms with Gasteiger partial charge in [-0.15, -0.1) is 0 Å². The van der Waals surface area contributed by atoms with Crippen molar-refractivity contribution in [3.05, 3.63) is 34.1 Å². The Bertz CT molecular complexity index is 580. The van der Waals surface area contributed by atoms with E-state index < -0.39 is 0 Å². The van der Waals surface area contributed by atoms with Crippen LogP contribution in [0.4, 0.5) is 0 Å². The quantitative estimate of drug-likeness (QED) is 0.752. The highest BCUT2D eigenvalue weighted by Crippen LogP contribution is 2.28. The van der Waals surface area contributed by atoms with Crippen LogP contribution in [0, 0.1) is 34.6 Å². The van der Waals surface area contributed by atoms with Gasteiger partial charge in [0.25, 0.3) is 0 Å². The second-order valence-electron chi connectivity index (χ2n) is 4.72. The fourth-order valence-electron chi connectivity index (χ4n) is 2.19. The molecule has 0 atom stereocenters. The van der Waals surface area contributed by atoms with Crippen LogP contribution >= 0.6 is 0 Å². The van der Waals surface area contributed by atoms with Crippen molar-refractivity contribution in [3.63, 3.8) is 0 Å². The first kappa shape index (κ1) is 11.8. The number of aryl methyl sites for hydroxylation is 3. The summed E-state index contributed by atoms with van der Waals surface area (Å²) in [5.41, 5.74) is 6.51. The Morgan fingerprint density at radius 1 is 0.941 bits per heavy atom. The fourth-order valence-corrected chi connectivity index (χ4v) is 2.19. The summed E-state index contributed by atoms with van der Waals surface area (Å²) < 4.78 is 1.85. The van der Waals surface area contributed by atoms with Crippen LogP contribution < -0.4 is 0 Å². The van der Waals surface area contributed by atoms with E-state index in [0.717, 1.165) is 11.6 Å². The first-order valence-corrected chi connectivity index (χ1v) is 5.87. The van der Waals surface area contributed by atoms with Gasteiger partial charge in [-0.05, 0) is 62.9 Å². The molecule has 3 nitrogen and oxygen atoms in total. The van der Waals surface area contributed by atoms with Crippen molar-refractivity contribution < 1.29 is 0 Å². The Hall–Kier alpha value is -1.64. The Kier molecular flexibility index (Phi) is 2.77. The summed E-state index contributed by atoms with van der Waals surface area (Å²) in [5.74, 6) is 1.77. The number of nitrogens with zero attached hydrogens (tertiary/aromatic N) is 3. The van der Waals surface area contributed by atoms with Crippen LogP contribution in [-0.4, -0.2) is 14.8 Å². The summed E-state index contributed by atoms with van der Waals surface area (Å²) in [6.07, 6.45) is 0. The highest BCUT2D eigenvalue weighted by Gasteiger charge is 2.13. The standard InChI is InChI=1S/C14H19N3/c1-8-7-13(11(4)10(3)9(8)2)14-15-12(5)16-17(14)6/h7H,1-6H3. The Morgan fingerprint density at radius 2 is 1.59 bits per heavy atom.